The predicted octanol–water partition coefficient (Wildman–Crippen LogP) is 2.54. The first-order valence-electron chi connectivity index (χ1n) is 8.61. The van der Waals surface area contributed by atoms with E-state index in [9.17, 15) is 22.8 Å². The van der Waals surface area contributed by atoms with Gasteiger partial charge in [-0.3, -0.25) is 9.59 Å². The van der Waals surface area contributed by atoms with Crippen molar-refractivity contribution in [2.45, 2.75) is 39.3 Å². The maximum absolute atomic E-state index is 12.5. The first-order chi connectivity index (χ1) is 12.2. The number of ketones is 1. The van der Waals surface area contributed by atoms with E-state index in [1.807, 2.05) is 6.92 Å². The number of carbonyl (C=O) groups excluding carboxylic acids is 2. The lowest BCUT2D eigenvalue weighted by Gasteiger charge is -2.34. The summed E-state index contributed by atoms with van der Waals surface area (Å²) in [5.41, 5.74) is -0.880. The van der Waals surface area contributed by atoms with Gasteiger partial charge in [0.05, 0.1) is 5.56 Å². The highest BCUT2D eigenvalue weighted by Crippen LogP contribution is 2.28. The molecule has 1 aromatic heterocycles. The molecule has 1 fully saturated rings. The summed E-state index contributed by atoms with van der Waals surface area (Å²) in [4.78, 5) is 34.5. The lowest BCUT2D eigenvalue weighted by Crippen LogP contribution is -2.49. The highest BCUT2D eigenvalue weighted by atomic mass is 19.4. The minimum absolute atomic E-state index is 0.0310. The fourth-order valence-corrected chi connectivity index (χ4v) is 2.71. The second kappa shape index (κ2) is 8.46. The molecule has 0 bridgehead atoms. The fourth-order valence-electron chi connectivity index (χ4n) is 2.71. The van der Waals surface area contributed by atoms with Crippen LogP contribution in [0.5, 0.6) is 0 Å². The lowest BCUT2D eigenvalue weighted by molar-refractivity contribution is -0.138. The van der Waals surface area contributed by atoms with Crippen molar-refractivity contribution in [1.29, 1.82) is 0 Å². The quantitative estimate of drug-likeness (QED) is 0.768. The standard InChI is InChI=1S/C17H23F3N4O2/c1-12(13(2)25)4-3-5-15(26)23-6-8-24(9-7-23)16-21-10-14(11-22-16)17(18,19)20/h10-12H,3-9H2,1-2H3. The van der Waals surface area contributed by atoms with Crippen LogP contribution in [0.1, 0.15) is 38.7 Å². The van der Waals surface area contributed by atoms with Gasteiger partial charge in [-0.1, -0.05) is 6.92 Å². The van der Waals surface area contributed by atoms with Gasteiger partial charge in [0.15, 0.2) is 0 Å². The number of aromatic nitrogens is 2. The summed E-state index contributed by atoms with van der Waals surface area (Å²) in [5, 5.41) is 0. The Bertz CT molecular complexity index is 626. The summed E-state index contributed by atoms with van der Waals surface area (Å²) in [7, 11) is 0. The van der Waals surface area contributed by atoms with Crippen LogP contribution in [0.4, 0.5) is 19.1 Å². The van der Waals surface area contributed by atoms with E-state index >= 15 is 0 Å². The second-order valence-electron chi connectivity index (χ2n) is 6.54. The Kier molecular flexibility index (Phi) is 6.55. The summed E-state index contributed by atoms with van der Waals surface area (Å²) in [5.74, 6) is 0.369. The molecule has 1 unspecified atom stereocenters. The van der Waals surface area contributed by atoms with Crippen molar-refractivity contribution in [3.63, 3.8) is 0 Å². The molecule has 1 amide bonds. The molecule has 9 heteroatoms. The number of piperazine rings is 1. The Labute approximate surface area is 150 Å². The molecule has 2 rings (SSSR count). The second-order valence-corrected chi connectivity index (χ2v) is 6.54. The number of halogens is 3. The molecule has 1 aliphatic heterocycles. The number of amides is 1. The molecule has 26 heavy (non-hydrogen) atoms. The molecule has 0 N–H and O–H groups in total. The number of anilines is 1. The molecule has 0 saturated carbocycles. The van der Waals surface area contributed by atoms with E-state index in [1.54, 1.807) is 16.7 Å². The molecule has 0 aromatic carbocycles. The van der Waals surface area contributed by atoms with E-state index in [1.165, 1.54) is 0 Å². The Morgan fingerprint density at radius 1 is 1.15 bits per heavy atom. The van der Waals surface area contributed by atoms with E-state index in [0.717, 1.165) is 12.4 Å². The van der Waals surface area contributed by atoms with Gasteiger partial charge in [0.2, 0.25) is 11.9 Å². The number of Topliss-reactive ketones (excluding diaryl/α,β-unsaturated/α-hetero) is 1. The zero-order chi connectivity index (χ0) is 19.3. The van der Waals surface area contributed by atoms with Crippen LogP contribution in [0.2, 0.25) is 0 Å². The van der Waals surface area contributed by atoms with Crippen molar-refractivity contribution in [2.75, 3.05) is 31.1 Å². The van der Waals surface area contributed by atoms with E-state index in [0.29, 0.717) is 45.4 Å². The topological polar surface area (TPSA) is 66.4 Å². The van der Waals surface area contributed by atoms with Gasteiger partial charge < -0.3 is 9.80 Å². The number of alkyl halides is 3. The maximum Gasteiger partial charge on any atom is 0.419 e. The van der Waals surface area contributed by atoms with Gasteiger partial charge in [-0.15, -0.1) is 0 Å². The Hall–Kier alpha value is -2.19. The zero-order valence-corrected chi connectivity index (χ0v) is 14.9. The lowest BCUT2D eigenvalue weighted by atomic mass is 10.0. The van der Waals surface area contributed by atoms with Crippen LogP contribution in [0.25, 0.3) is 0 Å². The third-order valence-electron chi connectivity index (χ3n) is 4.60. The molecule has 0 aliphatic carbocycles. The Balaban J connectivity index is 1.79. The van der Waals surface area contributed by atoms with Crippen LogP contribution < -0.4 is 4.90 Å². The van der Waals surface area contributed by atoms with Crippen LogP contribution in [-0.2, 0) is 15.8 Å². The van der Waals surface area contributed by atoms with Gasteiger partial charge in [-0.05, 0) is 19.8 Å². The van der Waals surface area contributed by atoms with Gasteiger partial charge >= 0.3 is 6.18 Å². The van der Waals surface area contributed by atoms with Gasteiger partial charge in [0.1, 0.15) is 5.78 Å². The molecule has 1 aromatic rings. The first-order valence-corrected chi connectivity index (χ1v) is 8.61. The highest BCUT2D eigenvalue weighted by molar-refractivity contribution is 5.78. The van der Waals surface area contributed by atoms with E-state index < -0.39 is 11.7 Å². The summed E-state index contributed by atoms with van der Waals surface area (Å²) in [6.07, 6.45) is -1.15. The summed E-state index contributed by atoms with van der Waals surface area (Å²) in [6.45, 7) is 5.31. The molecular formula is C17H23F3N4O2. The molecule has 2 heterocycles. The van der Waals surface area contributed by atoms with Crippen LogP contribution in [0.3, 0.4) is 0 Å². The number of rotatable bonds is 6. The van der Waals surface area contributed by atoms with Crippen LogP contribution in [0, 0.1) is 5.92 Å². The molecule has 1 atom stereocenters. The Morgan fingerprint density at radius 3 is 2.23 bits per heavy atom. The van der Waals surface area contributed by atoms with Crippen LogP contribution in [-0.4, -0.2) is 52.7 Å². The SMILES string of the molecule is CC(=O)C(C)CCCC(=O)N1CCN(c2ncc(C(F)(F)F)cn2)CC1. The normalized spacial score (nSPS) is 16.5. The van der Waals surface area contributed by atoms with Gasteiger partial charge in [0.25, 0.3) is 0 Å². The number of nitrogens with zero attached hydrogens (tertiary/aromatic N) is 4. The number of carbonyl (C=O) groups is 2. The number of hydrogen-bond donors (Lipinski definition) is 0. The fraction of sp³-hybridized carbons (Fsp3) is 0.647. The minimum Gasteiger partial charge on any atom is -0.339 e. The molecule has 0 spiro atoms. The molecule has 1 aliphatic rings. The average molecular weight is 372 g/mol. The average Bonchev–Trinajstić information content (AvgIpc) is 2.61. The van der Waals surface area contributed by atoms with Crippen molar-refractivity contribution in [3.8, 4) is 0 Å². The van der Waals surface area contributed by atoms with Gasteiger partial charge in [-0.2, -0.15) is 13.2 Å². The molecule has 1 saturated heterocycles. The van der Waals surface area contributed by atoms with Crippen molar-refractivity contribution >= 4 is 17.6 Å². The zero-order valence-electron chi connectivity index (χ0n) is 14.9. The minimum atomic E-state index is -4.45. The molecule has 144 valence electrons. The van der Waals surface area contributed by atoms with E-state index in [-0.39, 0.29) is 23.6 Å². The smallest absolute Gasteiger partial charge is 0.339 e. The third kappa shape index (κ3) is 5.40. The van der Waals surface area contributed by atoms with Crippen molar-refractivity contribution in [1.82, 2.24) is 14.9 Å². The van der Waals surface area contributed by atoms with Gasteiger partial charge in [-0.25, -0.2) is 9.97 Å². The van der Waals surface area contributed by atoms with Crippen molar-refractivity contribution in [3.05, 3.63) is 18.0 Å². The third-order valence-corrected chi connectivity index (χ3v) is 4.60. The monoisotopic (exact) mass is 372 g/mol. The maximum atomic E-state index is 12.5. The van der Waals surface area contributed by atoms with Crippen molar-refractivity contribution in [2.24, 2.45) is 5.92 Å². The van der Waals surface area contributed by atoms with E-state index in [2.05, 4.69) is 9.97 Å². The molecule has 6 nitrogen and oxygen atoms in total. The summed E-state index contributed by atoms with van der Waals surface area (Å²) < 4.78 is 37.6. The van der Waals surface area contributed by atoms with Crippen LogP contribution >= 0.6 is 0 Å². The molecule has 0 radical (unpaired) electrons. The Morgan fingerprint density at radius 2 is 1.73 bits per heavy atom. The van der Waals surface area contributed by atoms with Gasteiger partial charge in [0, 0.05) is 50.9 Å². The van der Waals surface area contributed by atoms with Crippen LogP contribution in [0.15, 0.2) is 12.4 Å². The van der Waals surface area contributed by atoms with E-state index in [4.69, 9.17) is 0 Å². The predicted molar refractivity (Wildman–Crippen MR) is 89.5 cm³/mol. The van der Waals surface area contributed by atoms with Crippen molar-refractivity contribution < 1.29 is 22.8 Å². The molecular weight excluding hydrogens is 349 g/mol. The number of hydrogen-bond acceptors (Lipinski definition) is 5. The summed E-state index contributed by atoms with van der Waals surface area (Å²) in [6, 6.07) is 0. The summed E-state index contributed by atoms with van der Waals surface area (Å²) >= 11 is 0. The largest absolute Gasteiger partial charge is 0.419 e. The first kappa shape index (κ1) is 20.1. The highest BCUT2D eigenvalue weighted by Gasteiger charge is 2.32.